The average molecular weight is 282 g/mol. The van der Waals surface area contributed by atoms with Crippen LogP contribution in [0.1, 0.15) is 23.5 Å². The van der Waals surface area contributed by atoms with Gasteiger partial charge in [-0.05, 0) is 25.3 Å². The molecule has 0 saturated carbocycles. The highest BCUT2D eigenvalue weighted by atomic mass is 32.1. The van der Waals surface area contributed by atoms with Gasteiger partial charge in [-0.1, -0.05) is 6.07 Å². The number of rotatable bonds is 3. The van der Waals surface area contributed by atoms with Crippen molar-refractivity contribution in [3.05, 3.63) is 22.4 Å². The van der Waals surface area contributed by atoms with E-state index in [9.17, 15) is 9.59 Å². The molecule has 1 saturated heterocycles. The number of carbonyl (C=O) groups is 2. The Labute approximate surface area is 116 Å². The molecule has 1 N–H and O–H groups in total. The smallest absolute Gasteiger partial charge is 0.264 e. The normalized spacial score (nSPS) is 19.5. The molecule has 1 atom stereocenters. The van der Waals surface area contributed by atoms with E-state index in [1.165, 1.54) is 11.3 Å². The molecule has 0 aromatic carbocycles. The van der Waals surface area contributed by atoms with E-state index < -0.39 is 6.04 Å². The number of nitrogens with zero attached hydrogens (tertiary/aromatic N) is 1. The van der Waals surface area contributed by atoms with Gasteiger partial charge in [-0.15, -0.1) is 11.3 Å². The Morgan fingerprint density at radius 3 is 2.95 bits per heavy atom. The highest BCUT2D eigenvalue weighted by Crippen LogP contribution is 2.16. The van der Waals surface area contributed by atoms with Crippen LogP contribution in [0.3, 0.4) is 0 Å². The first-order valence-corrected chi connectivity index (χ1v) is 7.20. The summed E-state index contributed by atoms with van der Waals surface area (Å²) in [6, 6.07) is 3.13. The lowest BCUT2D eigenvalue weighted by Gasteiger charge is -2.34. The summed E-state index contributed by atoms with van der Waals surface area (Å²) in [6.45, 7) is 4.98. The average Bonchev–Trinajstić information content (AvgIpc) is 2.91. The molecule has 1 aliphatic heterocycles. The number of ether oxygens (including phenoxy) is 1. The van der Waals surface area contributed by atoms with Gasteiger partial charge in [0.05, 0.1) is 18.1 Å². The summed E-state index contributed by atoms with van der Waals surface area (Å²) < 4.78 is 5.33. The second kappa shape index (κ2) is 6.16. The van der Waals surface area contributed by atoms with E-state index in [-0.39, 0.29) is 24.5 Å². The molecule has 2 heterocycles. The lowest BCUT2D eigenvalue weighted by molar-refractivity contribution is -0.131. The minimum Gasteiger partial charge on any atom is -0.377 e. The highest BCUT2D eigenvalue weighted by Gasteiger charge is 2.33. The molecule has 19 heavy (non-hydrogen) atoms. The number of amides is 2. The summed E-state index contributed by atoms with van der Waals surface area (Å²) in [5, 5.41) is 4.69. The van der Waals surface area contributed by atoms with Gasteiger partial charge in [0, 0.05) is 12.6 Å². The SMILES string of the molecule is CC(C)NC(=O)C1COCCN1C(=O)c1cccs1. The highest BCUT2D eigenvalue weighted by molar-refractivity contribution is 7.12. The zero-order valence-electron chi connectivity index (χ0n) is 11.1. The number of morpholine rings is 1. The zero-order valence-corrected chi connectivity index (χ0v) is 11.9. The Kier molecular flexibility index (Phi) is 4.55. The molecule has 0 radical (unpaired) electrons. The summed E-state index contributed by atoms with van der Waals surface area (Å²) in [4.78, 5) is 26.7. The molecule has 2 amide bonds. The van der Waals surface area contributed by atoms with E-state index in [1.54, 1.807) is 11.0 Å². The van der Waals surface area contributed by atoms with Crippen LogP contribution in [0.4, 0.5) is 0 Å². The first-order chi connectivity index (χ1) is 9.09. The van der Waals surface area contributed by atoms with Crippen molar-refractivity contribution < 1.29 is 14.3 Å². The number of thiophene rings is 1. The van der Waals surface area contributed by atoms with E-state index in [4.69, 9.17) is 4.74 Å². The topological polar surface area (TPSA) is 58.6 Å². The van der Waals surface area contributed by atoms with Gasteiger partial charge in [0.1, 0.15) is 6.04 Å². The predicted molar refractivity (Wildman–Crippen MR) is 73.2 cm³/mol. The Morgan fingerprint density at radius 2 is 2.32 bits per heavy atom. The van der Waals surface area contributed by atoms with Crippen molar-refractivity contribution in [2.75, 3.05) is 19.8 Å². The van der Waals surface area contributed by atoms with E-state index >= 15 is 0 Å². The number of nitrogens with one attached hydrogen (secondary N) is 1. The van der Waals surface area contributed by atoms with Crippen molar-refractivity contribution in [3.8, 4) is 0 Å². The molecule has 0 spiro atoms. The molecular weight excluding hydrogens is 264 g/mol. The quantitative estimate of drug-likeness (QED) is 0.903. The maximum absolute atomic E-state index is 12.4. The van der Waals surface area contributed by atoms with Gasteiger partial charge >= 0.3 is 0 Å². The fourth-order valence-corrected chi connectivity index (χ4v) is 2.67. The largest absolute Gasteiger partial charge is 0.377 e. The van der Waals surface area contributed by atoms with Crippen LogP contribution < -0.4 is 5.32 Å². The minimum atomic E-state index is -0.536. The van der Waals surface area contributed by atoms with Crippen molar-refractivity contribution in [3.63, 3.8) is 0 Å². The third-order valence-corrected chi connectivity index (χ3v) is 3.71. The lowest BCUT2D eigenvalue weighted by atomic mass is 10.2. The Bertz CT molecular complexity index is 445. The first-order valence-electron chi connectivity index (χ1n) is 6.32. The second-order valence-electron chi connectivity index (χ2n) is 4.73. The van der Waals surface area contributed by atoms with Crippen molar-refractivity contribution in [1.82, 2.24) is 10.2 Å². The van der Waals surface area contributed by atoms with Crippen LogP contribution in [0.15, 0.2) is 17.5 Å². The lowest BCUT2D eigenvalue weighted by Crippen LogP contribution is -2.56. The molecule has 1 fully saturated rings. The molecule has 1 aliphatic rings. The molecule has 104 valence electrons. The van der Waals surface area contributed by atoms with Crippen LogP contribution in [0.2, 0.25) is 0 Å². The summed E-state index contributed by atoms with van der Waals surface area (Å²) in [5.74, 6) is -0.248. The number of hydrogen-bond acceptors (Lipinski definition) is 4. The Hall–Kier alpha value is -1.40. The van der Waals surface area contributed by atoms with Gasteiger partial charge in [0.2, 0.25) is 5.91 Å². The summed E-state index contributed by atoms with van der Waals surface area (Å²) in [5.41, 5.74) is 0. The van der Waals surface area contributed by atoms with E-state index in [0.717, 1.165) is 0 Å². The summed E-state index contributed by atoms with van der Waals surface area (Å²) >= 11 is 1.39. The summed E-state index contributed by atoms with van der Waals surface area (Å²) in [7, 11) is 0. The molecular formula is C13H18N2O3S. The van der Waals surface area contributed by atoms with Crippen molar-refractivity contribution in [2.24, 2.45) is 0 Å². The van der Waals surface area contributed by atoms with E-state index in [0.29, 0.717) is 18.0 Å². The molecule has 1 aromatic rings. The van der Waals surface area contributed by atoms with Crippen molar-refractivity contribution >= 4 is 23.2 Å². The number of hydrogen-bond donors (Lipinski definition) is 1. The molecule has 6 heteroatoms. The van der Waals surface area contributed by atoms with Crippen LogP contribution in [0, 0.1) is 0 Å². The fraction of sp³-hybridized carbons (Fsp3) is 0.538. The monoisotopic (exact) mass is 282 g/mol. The van der Waals surface area contributed by atoms with E-state index in [1.807, 2.05) is 25.3 Å². The van der Waals surface area contributed by atoms with Crippen molar-refractivity contribution in [2.45, 2.75) is 25.9 Å². The maximum atomic E-state index is 12.4. The van der Waals surface area contributed by atoms with Gasteiger partial charge in [-0.25, -0.2) is 0 Å². The standard InChI is InChI=1S/C13H18N2O3S/c1-9(2)14-12(16)10-8-18-6-5-15(10)13(17)11-4-3-7-19-11/h3-4,7,9-10H,5-6,8H2,1-2H3,(H,14,16). The Morgan fingerprint density at radius 1 is 1.53 bits per heavy atom. The van der Waals surface area contributed by atoms with Crippen molar-refractivity contribution in [1.29, 1.82) is 0 Å². The third-order valence-electron chi connectivity index (χ3n) is 2.85. The first kappa shape index (κ1) is 14.0. The maximum Gasteiger partial charge on any atom is 0.264 e. The Balaban J connectivity index is 2.12. The minimum absolute atomic E-state index is 0.0492. The molecule has 5 nitrogen and oxygen atoms in total. The van der Waals surface area contributed by atoms with E-state index in [2.05, 4.69) is 5.32 Å². The summed E-state index contributed by atoms with van der Waals surface area (Å²) in [6.07, 6.45) is 0. The van der Waals surface area contributed by atoms with Crippen LogP contribution in [0.5, 0.6) is 0 Å². The molecule has 1 aromatic heterocycles. The van der Waals surface area contributed by atoms with Crippen LogP contribution in [-0.2, 0) is 9.53 Å². The number of carbonyl (C=O) groups excluding carboxylic acids is 2. The zero-order chi connectivity index (χ0) is 13.8. The van der Waals surface area contributed by atoms with Gasteiger partial charge in [-0.2, -0.15) is 0 Å². The van der Waals surface area contributed by atoms with Crippen LogP contribution in [-0.4, -0.2) is 48.6 Å². The third kappa shape index (κ3) is 3.33. The van der Waals surface area contributed by atoms with Crippen LogP contribution in [0.25, 0.3) is 0 Å². The van der Waals surface area contributed by atoms with Gasteiger partial charge < -0.3 is 15.0 Å². The fourth-order valence-electron chi connectivity index (χ4n) is 1.99. The molecule has 0 aliphatic carbocycles. The second-order valence-corrected chi connectivity index (χ2v) is 5.68. The molecule has 2 rings (SSSR count). The van der Waals surface area contributed by atoms with Gasteiger partial charge in [0.25, 0.3) is 5.91 Å². The van der Waals surface area contributed by atoms with Crippen LogP contribution >= 0.6 is 11.3 Å². The molecule has 0 bridgehead atoms. The van der Waals surface area contributed by atoms with Gasteiger partial charge in [0.15, 0.2) is 0 Å². The predicted octanol–water partition coefficient (Wildman–Crippen LogP) is 1.11. The molecule has 1 unspecified atom stereocenters. The van der Waals surface area contributed by atoms with Gasteiger partial charge in [-0.3, -0.25) is 9.59 Å².